The molecule has 0 spiro atoms. The van der Waals surface area contributed by atoms with Crippen LogP contribution in [0.2, 0.25) is 5.02 Å². The summed E-state index contributed by atoms with van der Waals surface area (Å²) in [4.78, 5) is 11.1. The van der Waals surface area contributed by atoms with Gasteiger partial charge in [0.1, 0.15) is 6.04 Å². The lowest BCUT2D eigenvalue weighted by atomic mass is 10.0. The van der Waals surface area contributed by atoms with Crippen molar-refractivity contribution in [1.82, 2.24) is 5.32 Å². The SMILES string of the molecule is CC(C)C[C@@H](NCc1c(N)cccc1Cl)C(=O)O. The molecule has 0 bridgehead atoms. The Hall–Kier alpha value is -1.26. The molecule has 1 rings (SSSR count). The molecule has 0 unspecified atom stereocenters. The lowest BCUT2D eigenvalue weighted by Gasteiger charge is -2.17. The number of nitrogens with one attached hydrogen (secondary N) is 1. The molecule has 100 valence electrons. The van der Waals surface area contributed by atoms with Crippen LogP contribution in [-0.2, 0) is 11.3 Å². The van der Waals surface area contributed by atoms with Crippen LogP contribution >= 0.6 is 11.6 Å². The van der Waals surface area contributed by atoms with Crippen molar-refractivity contribution in [3.05, 3.63) is 28.8 Å². The fourth-order valence-electron chi connectivity index (χ4n) is 1.73. The number of carboxylic acids is 1. The maximum absolute atomic E-state index is 11.1. The first kappa shape index (κ1) is 14.8. The summed E-state index contributed by atoms with van der Waals surface area (Å²) in [6.45, 7) is 4.33. The minimum atomic E-state index is -0.852. The summed E-state index contributed by atoms with van der Waals surface area (Å²) in [6.07, 6.45) is 0.569. The van der Waals surface area contributed by atoms with E-state index in [2.05, 4.69) is 5.32 Å². The molecule has 1 aromatic carbocycles. The standard InChI is InChI=1S/C13H19ClN2O2/c1-8(2)6-12(13(17)18)16-7-9-10(14)4-3-5-11(9)15/h3-5,8,12,16H,6-7,15H2,1-2H3,(H,17,18)/t12-/m1/s1. The Morgan fingerprint density at radius 2 is 2.17 bits per heavy atom. The fraction of sp³-hybridized carbons (Fsp3) is 0.462. The summed E-state index contributed by atoms with van der Waals surface area (Å²) in [5.41, 5.74) is 7.13. The Morgan fingerprint density at radius 1 is 1.50 bits per heavy atom. The highest BCUT2D eigenvalue weighted by Crippen LogP contribution is 2.22. The van der Waals surface area contributed by atoms with Gasteiger partial charge in [-0.2, -0.15) is 0 Å². The average molecular weight is 271 g/mol. The maximum Gasteiger partial charge on any atom is 0.320 e. The van der Waals surface area contributed by atoms with E-state index in [1.54, 1.807) is 18.2 Å². The predicted molar refractivity (Wildman–Crippen MR) is 73.6 cm³/mol. The maximum atomic E-state index is 11.1. The number of nitrogens with two attached hydrogens (primary N) is 1. The highest BCUT2D eigenvalue weighted by Gasteiger charge is 2.18. The number of nitrogen functional groups attached to an aromatic ring is 1. The first-order valence-corrected chi connectivity index (χ1v) is 6.28. The van der Waals surface area contributed by atoms with E-state index in [1.807, 2.05) is 13.8 Å². The molecule has 4 N–H and O–H groups in total. The van der Waals surface area contributed by atoms with Crippen molar-refractivity contribution in [2.45, 2.75) is 32.9 Å². The number of benzene rings is 1. The zero-order valence-corrected chi connectivity index (χ0v) is 11.4. The summed E-state index contributed by atoms with van der Waals surface area (Å²) < 4.78 is 0. The number of aliphatic carboxylic acids is 1. The van der Waals surface area contributed by atoms with Crippen molar-refractivity contribution in [3.63, 3.8) is 0 Å². The molecular weight excluding hydrogens is 252 g/mol. The van der Waals surface area contributed by atoms with E-state index >= 15 is 0 Å². The van der Waals surface area contributed by atoms with Gasteiger partial charge in [-0.05, 0) is 24.5 Å². The van der Waals surface area contributed by atoms with E-state index in [1.165, 1.54) is 0 Å². The van der Waals surface area contributed by atoms with Crippen molar-refractivity contribution in [2.24, 2.45) is 5.92 Å². The molecular formula is C13H19ClN2O2. The third kappa shape index (κ3) is 4.20. The van der Waals surface area contributed by atoms with Gasteiger partial charge in [-0.1, -0.05) is 31.5 Å². The molecule has 4 nitrogen and oxygen atoms in total. The molecule has 0 aliphatic heterocycles. The van der Waals surface area contributed by atoms with Gasteiger partial charge in [-0.25, -0.2) is 0 Å². The molecule has 1 atom stereocenters. The van der Waals surface area contributed by atoms with Gasteiger partial charge in [-0.15, -0.1) is 0 Å². The molecule has 1 aromatic rings. The van der Waals surface area contributed by atoms with Crippen molar-refractivity contribution < 1.29 is 9.90 Å². The van der Waals surface area contributed by atoms with Crippen molar-refractivity contribution in [2.75, 3.05) is 5.73 Å². The van der Waals surface area contributed by atoms with E-state index < -0.39 is 12.0 Å². The number of rotatable bonds is 6. The number of carboxylic acid groups (broad SMARTS) is 1. The van der Waals surface area contributed by atoms with E-state index in [4.69, 9.17) is 22.4 Å². The third-order valence-corrected chi connectivity index (χ3v) is 3.04. The Balaban J connectivity index is 2.70. The molecule has 5 heteroatoms. The predicted octanol–water partition coefficient (Wildman–Crippen LogP) is 2.51. The van der Waals surface area contributed by atoms with Crippen LogP contribution in [0, 0.1) is 5.92 Å². The van der Waals surface area contributed by atoms with Crippen molar-refractivity contribution in [3.8, 4) is 0 Å². The number of halogens is 1. The molecule has 0 saturated heterocycles. The van der Waals surface area contributed by atoms with Crippen LogP contribution in [0.1, 0.15) is 25.8 Å². The zero-order chi connectivity index (χ0) is 13.7. The summed E-state index contributed by atoms with van der Waals surface area (Å²) in [5.74, 6) is -0.545. The molecule has 0 fully saturated rings. The second kappa shape index (κ2) is 6.61. The Labute approximate surface area is 112 Å². The molecule has 18 heavy (non-hydrogen) atoms. The first-order valence-electron chi connectivity index (χ1n) is 5.91. The van der Waals surface area contributed by atoms with Crippen LogP contribution in [-0.4, -0.2) is 17.1 Å². The van der Waals surface area contributed by atoms with Gasteiger partial charge < -0.3 is 16.2 Å². The summed E-state index contributed by atoms with van der Waals surface area (Å²) in [7, 11) is 0. The van der Waals surface area contributed by atoms with E-state index in [0.717, 1.165) is 5.56 Å². The van der Waals surface area contributed by atoms with Gasteiger partial charge in [-0.3, -0.25) is 4.79 Å². The molecule has 0 amide bonds. The number of hydrogen-bond donors (Lipinski definition) is 3. The van der Waals surface area contributed by atoms with Crippen molar-refractivity contribution >= 4 is 23.3 Å². The van der Waals surface area contributed by atoms with Gasteiger partial charge in [0.05, 0.1) is 0 Å². The lowest BCUT2D eigenvalue weighted by Crippen LogP contribution is -2.37. The smallest absolute Gasteiger partial charge is 0.320 e. The quantitative estimate of drug-likeness (QED) is 0.695. The first-order chi connectivity index (χ1) is 8.41. The zero-order valence-electron chi connectivity index (χ0n) is 10.6. The van der Waals surface area contributed by atoms with Crippen LogP contribution in [0.4, 0.5) is 5.69 Å². The monoisotopic (exact) mass is 270 g/mol. The van der Waals surface area contributed by atoms with E-state index in [9.17, 15) is 4.79 Å². The van der Waals surface area contributed by atoms with Crippen LogP contribution in [0.3, 0.4) is 0 Å². The number of hydrogen-bond acceptors (Lipinski definition) is 3. The largest absolute Gasteiger partial charge is 0.480 e. The fourth-order valence-corrected chi connectivity index (χ4v) is 1.98. The number of anilines is 1. The van der Waals surface area contributed by atoms with Gasteiger partial charge in [0.15, 0.2) is 0 Å². The third-order valence-electron chi connectivity index (χ3n) is 2.69. The lowest BCUT2D eigenvalue weighted by molar-refractivity contribution is -0.140. The minimum Gasteiger partial charge on any atom is -0.480 e. The Kier molecular flexibility index (Phi) is 5.44. The summed E-state index contributed by atoms with van der Waals surface area (Å²) in [5, 5.41) is 12.6. The Bertz CT molecular complexity index is 401. The normalized spacial score (nSPS) is 12.7. The van der Waals surface area contributed by atoms with Crippen LogP contribution in [0.15, 0.2) is 18.2 Å². The Morgan fingerprint density at radius 3 is 2.67 bits per heavy atom. The van der Waals surface area contributed by atoms with E-state index in [-0.39, 0.29) is 0 Å². The van der Waals surface area contributed by atoms with E-state index in [0.29, 0.717) is 29.6 Å². The molecule has 0 aromatic heterocycles. The molecule has 0 radical (unpaired) electrons. The van der Waals surface area contributed by atoms with Gasteiger partial charge in [0, 0.05) is 22.8 Å². The second-order valence-electron chi connectivity index (χ2n) is 4.71. The topological polar surface area (TPSA) is 75.3 Å². The van der Waals surface area contributed by atoms with Crippen LogP contribution in [0.5, 0.6) is 0 Å². The van der Waals surface area contributed by atoms with Crippen LogP contribution < -0.4 is 11.1 Å². The summed E-state index contributed by atoms with van der Waals surface area (Å²) in [6, 6.07) is 4.68. The summed E-state index contributed by atoms with van der Waals surface area (Å²) >= 11 is 6.03. The molecule has 0 heterocycles. The van der Waals surface area contributed by atoms with Gasteiger partial charge in [0.25, 0.3) is 0 Å². The highest BCUT2D eigenvalue weighted by atomic mass is 35.5. The second-order valence-corrected chi connectivity index (χ2v) is 5.12. The average Bonchev–Trinajstić information content (AvgIpc) is 2.26. The molecule has 0 saturated carbocycles. The van der Waals surface area contributed by atoms with Gasteiger partial charge >= 0.3 is 5.97 Å². The highest BCUT2D eigenvalue weighted by molar-refractivity contribution is 6.31. The molecule has 0 aliphatic carbocycles. The minimum absolute atomic E-state index is 0.308. The van der Waals surface area contributed by atoms with Gasteiger partial charge in [0.2, 0.25) is 0 Å². The molecule has 0 aliphatic rings. The number of carbonyl (C=O) groups is 1. The van der Waals surface area contributed by atoms with Crippen molar-refractivity contribution in [1.29, 1.82) is 0 Å². The van der Waals surface area contributed by atoms with Crippen LogP contribution in [0.25, 0.3) is 0 Å².